The fourth-order valence-electron chi connectivity index (χ4n) is 14.3. The van der Waals surface area contributed by atoms with Crippen molar-refractivity contribution in [2.24, 2.45) is 0 Å². The topological polar surface area (TPSA) is 19.6 Å². The van der Waals surface area contributed by atoms with Crippen LogP contribution in [0.3, 0.4) is 0 Å². The summed E-state index contributed by atoms with van der Waals surface area (Å²) in [4.78, 5) is 4.87. The highest BCUT2D eigenvalue weighted by molar-refractivity contribution is 6.14. The number of hydrogen-bond acceptors (Lipinski definition) is 3. The molecule has 1 aliphatic rings. The lowest BCUT2D eigenvalue weighted by Crippen LogP contribution is -2.29. The van der Waals surface area contributed by atoms with Gasteiger partial charge in [-0.15, -0.1) is 0 Å². The molecule has 0 N–H and O–H groups in total. The summed E-state index contributed by atoms with van der Waals surface area (Å²) in [6, 6.07) is 97.0. The fraction of sp³-hybridized carbons (Fsp3) is 0.258. The fourth-order valence-corrected chi connectivity index (χ4v) is 14.3. The summed E-state index contributed by atoms with van der Waals surface area (Å²) < 4.78 is 7.51. The number of furan rings is 1. The lowest BCUT2D eigenvalue weighted by Gasteiger charge is -2.36. The molecule has 0 aliphatic heterocycles. The van der Waals surface area contributed by atoms with E-state index in [9.17, 15) is 0 Å². The molecule has 1 aliphatic carbocycles. The average molecular weight is 1200 g/mol. The molecule has 0 spiro atoms. The van der Waals surface area contributed by atoms with Crippen LogP contribution in [0.4, 0.5) is 34.1 Å². The van der Waals surface area contributed by atoms with Crippen molar-refractivity contribution in [2.45, 2.75) is 149 Å². The largest absolute Gasteiger partial charge is 0.455 e. The molecule has 0 amide bonds. The molecule has 92 heavy (non-hydrogen) atoms. The molecule has 462 valence electrons. The molecule has 3 nitrogen and oxygen atoms in total. The molecular weight excluding hydrogens is 1110 g/mol. The minimum atomic E-state index is -0.861. The van der Waals surface area contributed by atoms with E-state index in [4.69, 9.17) is 4.42 Å². The average Bonchev–Trinajstić information content (AvgIpc) is 1.50. The summed E-state index contributed by atoms with van der Waals surface area (Å²) in [6.07, 6.45) is 0.745. The number of fused-ring (bicyclic) bond motifs is 7. The Morgan fingerprint density at radius 2 is 0.696 bits per heavy atom. The van der Waals surface area contributed by atoms with E-state index in [1.54, 1.807) is 0 Å². The standard InChI is InChI=1S/C89H90N2O/c1-84(2,3)62-32-30-60(31-33-62)77(59-24-18-16-19-25-59)56-61-57-79-82(83-81(61)76-28-22-23-29-80(76)92-83)75-55-54-74(91(69-26-20-17-21-27-69)73-50-42-66(43-51-73)88(13,14)15)58-78(75)89(79,67-36-34-63(35-37-67)85(4,5)6)68-44-52-72(53-45-68)90(70-46-38-64(39-47-70)86(7,8)9)71-48-40-65(41-49-71)87(10,11)12/h16-55,57-58,77H,56H2,1-15H3/t77-,89?/m1/s1. The van der Waals surface area contributed by atoms with Crippen LogP contribution in [-0.4, -0.2) is 0 Å². The lowest BCUT2D eigenvalue weighted by atomic mass is 9.66. The van der Waals surface area contributed by atoms with Gasteiger partial charge in [0.1, 0.15) is 11.2 Å². The Bertz CT molecular complexity index is 4540. The number of rotatable bonds is 12. The van der Waals surface area contributed by atoms with Gasteiger partial charge in [0.25, 0.3) is 0 Å². The molecule has 0 radical (unpaired) electrons. The van der Waals surface area contributed by atoms with E-state index in [0.717, 1.165) is 68.2 Å². The molecule has 3 heteroatoms. The monoisotopic (exact) mass is 1200 g/mol. The third kappa shape index (κ3) is 11.4. The van der Waals surface area contributed by atoms with Gasteiger partial charge in [-0.05, 0) is 185 Å². The molecule has 0 saturated heterocycles. The highest BCUT2D eigenvalue weighted by Crippen LogP contribution is 2.61. The van der Waals surface area contributed by atoms with Crippen molar-refractivity contribution in [3.8, 4) is 11.1 Å². The number of nitrogens with zero attached hydrogens (tertiary/aromatic N) is 2. The Morgan fingerprint density at radius 1 is 0.337 bits per heavy atom. The van der Waals surface area contributed by atoms with Crippen LogP contribution in [0.1, 0.15) is 177 Å². The zero-order chi connectivity index (χ0) is 64.7. The predicted octanol–water partition coefficient (Wildman–Crippen LogP) is 24.8. The molecule has 11 aromatic carbocycles. The molecular formula is C89H90N2O. The van der Waals surface area contributed by atoms with Gasteiger partial charge >= 0.3 is 0 Å². The van der Waals surface area contributed by atoms with Crippen LogP contribution in [0.2, 0.25) is 0 Å². The van der Waals surface area contributed by atoms with Crippen LogP contribution in [-0.2, 0) is 38.9 Å². The van der Waals surface area contributed by atoms with Crippen LogP contribution >= 0.6 is 0 Å². The van der Waals surface area contributed by atoms with Crippen molar-refractivity contribution in [3.63, 3.8) is 0 Å². The lowest BCUT2D eigenvalue weighted by molar-refractivity contribution is 0.589. The van der Waals surface area contributed by atoms with E-state index in [0.29, 0.717) is 0 Å². The van der Waals surface area contributed by atoms with Crippen LogP contribution in [0.5, 0.6) is 0 Å². The van der Waals surface area contributed by atoms with E-state index in [1.807, 2.05) is 0 Å². The highest BCUT2D eigenvalue weighted by atomic mass is 16.3. The second kappa shape index (κ2) is 23.2. The normalized spacial score (nSPS) is 14.7. The first-order valence-electron chi connectivity index (χ1n) is 33.2. The molecule has 1 aromatic heterocycles. The number of benzene rings is 11. The van der Waals surface area contributed by atoms with Crippen molar-refractivity contribution >= 4 is 56.1 Å². The molecule has 0 bridgehead atoms. The van der Waals surface area contributed by atoms with Crippen molar-refractivity contribution in [1.29, 1.82) is 0 Å². The molecule has 0 saturated carbocycles. The van der Waals surface area contributed by atoms with Crippen LogP contribution < -0.4 is 9.80 Å². The molecule has 0 fully saturated rings. The van der Waals surface area contributed by atoms with Gasteiger partial charge in [-0.2, -0.15) is 0 Å². The number of anilines is 6. The minimum absolute atomic E-state index is 0.00319. The van der Waals surface area contributed by atoms with Gasteiger partial charge in [-0.25, -0.2) is 0 Å². The van der Waals surface area contributed by atoms with Gasteiger partial charge < -0.3 is 14.2 Å². The van der Waals surface area contributed by atoms with Gasteiger partial charge in [0.2, 0.25) is 0 Å². The highest BCUT2D eigenvalue weighted by Gasteiger charge is 2.49. The molecule has 12 aromatic rings. The van der Waals surface area contributed by atoms with Crippen LogP contribution in [0.25, 0.3) is 33.1 Å². The quantitative estimate of drug-likeness (QED) is 0.122. The van der Waals surface area contributed by atoms with E-state index < -0.39 is 5.41 Å². The van der Waals surface area contributed by atoms with Crippen LogP contribution in [0, 0.1) is 0 Å². The Kier molecular flexibility index (Phi) is 15.5. The molecule has 2 atom stereocenters. The summed E-state index contributed by atoms with van der Waals surface area (Å²) in [5, 5.41) is 2.30. The van der Waals surface area contributed by atoms with Crippen LogP contribution in [0.15, 0.2) is 259 Å². The first-order valence-corrected chi connectivity index (χ1v) is 33.2. The maximum atomic E-state index is 7.51. The van der Waals surface area contributed by atoms with E-state index >= 15 is 0 Å². The first-order chi connectivity index (χ1) is 43.8. The summed E-state index contributed by atoms with van der Waals surface area (Å²) in [6.45, 7) is 34.5. The van der Waals surface area contributed by atoms with Gasteiger partial charge in [-0.1, -0.05) is 280 Å². The number of hydrogen-bond donors (Lipinski definition) is 0. The second-order valence-corrected chi connectivity index (χ2v) is 31.1. The molecule has 13 rings (SSSR count). The SMILES string of the molecule is CC(C)(C)c1ccc([C@H](Cc2cc3c(c4oc5ccccc5c24)-c2ccc(N(c4ccccc4)c4ccc(C(C)(C)C)cc4)cc2C3(c2ccc(N(c3ccc(C(C)(C)C)cc3)c3ccc(C(C)(C)C)cc3)cc2)c2ccc(C(C)(C)C)cc2)c2ccccc2)cc1. The summed E-state index contributed by atoms with van der Waals surface area (Å²) in [7, 11) is 0. The van der Waals surface area contributed by atoms with Gasteiger partial charge in [0.15, 0.2) is 0 Å². The van der Waals surface area contributed by atoms with E-state index in [2.05, 4.69) is 368 Å². The Balaban J connectivity index is 1.12. The molecule has 1 heterocycles. The van der Waals surface area contributed by atoms with Crippen molar-refractivity contribution in [3.05, 3.63) is 322 Å². The summed E-state index contributed by atoms with van der Waals surface area (Å²) in [5.74, 6) is 0.0419. The summed E-state index contributed by atoms with van der Waals surface area (Å²) in [5.41, 5.74) is 24.9. The zero-order valence-corrected chi connectivity index (χ0v) is 56.8. The third-order valence-electron chi connectivity index (χ3n) is 19.6. The smallest absolute Gasteiger partial charge is 0.143 e. The van der Waals surface area contributed by atoms with Crippen molar-refractivity contribution < 1.29 is 4.42 Å². The van der Waals surface area contributed by atoms with Gasteiger partial charge in [0, 0.05) is 56.4 Å². The van der Waals surface area contributed by atoms with Crippen molar-refractivity contribution in [2.75, 3.05) is 9.80 Å². The Labute approximate surface area is 548 Å². The first kappa shape index (κ1) is 61.7. The van der Waals surface area contributed by atoms with Gasteiger partial charge in [0.05, 0.1) is 5.41 Å². The number of para-hydroxylation sites is 2. The van der Waals surface area contributed by atoms with E-state index in [1.165, 1.54) is 72.1 Å². The third-order valence-corrected chi connectivity index (χ3v) is 19.6. The molecule has 1 unspecified atom stereocenters. The second-order valence-electron chi connectivity index (χ2n) is 31.1. The Hall–Kier alpha value is -9.18. The summed E-state index contributed by atoms with van der Waals surface area (Å²) >= 11 is 0. The maximum absolute atomic E-state index is 7.51. The maximum Gasteiger partial charge on any atom is 0.143 e. The minimum Gasteiger partial charge on any atom is -0.455 e. The van der Waals surface area contributed by atoms with E-state index in [-0.39, 0.29) is 33.0 Å². The van der Waals surface area contributed by atoms with Crippen molar-refractivity contribution in [1.82, 2.24) is 0 Å². The predicted molar refractivity (Wildman–Crippen MR) is 392 cm³/mol. The Morgan fingerprint density at radius 3 is 1.16 bits per heavy atom. The van der Waals surface area contributed by atoms with Gasteiger partial charge in [-0.3, -0.25) is 0 Å². The zero-order valence-electron chi connectivity index (χ0n) is 56.8.